The summed E-state index contributed by atoms with van der Waals surface area (Å²) in [7, 11) is 0. The molecule has 6 nitrogen and oxygen atoms in total. The van der Waals surface area contributed by atoms with E-state index in [0.29, 0.717) is 23.7 Å². The Hall–Kier alpha value is -2.63. The van der Waals surface area contributed by atoms with Crippen molar-refractivity contribution in [2.24, 2.45) is 0 Å². The zero-order valence-electron chi connectivity index (χ0n) is 17.2. The van der Waals surface area contributed by atoms with Gasteiger partial charge in [0.25, 0.3) is 5.91 Å². The van der Waals surface area contributed by atoms with Gasteiger partial charge in [0, 0.05) is 18.2 Å². The quantitative estimate of drug-likeness (QED) is 0.574. The van der Waals surface area contributed by atoms with Crippen LogP contribution in [0.5, 0.6) is 0 Å². The van der Waals surface area contributed by atoms with Crippen LogP contribution in [0.2, 0.25) is 0 Å². The summed E-state index contributed by atoms with van der Waals surface area (Å²) in [5.74, 6) is 0.555. The first-order chi connectivity index (χ1) is 13.5. The normalized spacial score (nSPS) is 10.7. The Labute approximate surface area is 167 Å². The van der Waals surface area contributed by atoms with Crippen molar-refractivity contribution in [3.05, 3.63) is 47.2 Å². The van der Waals surface area contributed by atoms with Gasteiger partial charge in [-0.1, -0.05) is 50.4 Å². The molecule has 2 amide bonds. The number of benzene rings is 1. The minimum atomic E-state index is -0.289. The van der Waals surface area contributed by atoms with Crippen molar-refractivity contribution in [3.8, 4) is 0 Å². The first-order valence-electron chi connectivity index (χ1n) is 10.1. The largest absolute Gasteiger partial charge is 0.360 e. The summed E-state index contributed by atoms with van der Waals surface area (Å²) in [5.41, 5.74) is 1.85. The van der Waals surface area contributed by atoms with Crippen LogP contribution < -0.4 is 5.32 Å². The Bertz CT molecular complexity index is 753. The summed E-state index contributed by atoms with van der Waals surface area (Å²) in [4.78, 5) is 26.7. The van der Waals surface area contributed by atoms with Crippen molar-refractivity contribution >= 4 is 17.6 Å². The number of aromatic nitrogens is 1. The van der Waals surface area contributed by atoms with Gasteiger partial charge < -0.3 is 14.7 Å². The Balaban J connectivity index is 1.94. The summed E-state index contributed by atoms with van der Waals surface area (Å²) < 4.78 is 4.94. The molecule has 1 aromatic heterocycles. The monoisotopic (exact) mass is 385 g/mol. The standard InChI is InChI=1S/C22H31N3O3/c1-4-6-7-8-9-18-10-12-19(13-11-18)22(27)25(14-5-2)16-21(26)23-20-15-17(3)28-24-20/h10-13,15H,4-9,14,16H2,1-3H3,(H,23,24,26). The number of unbranched alkanes of at least 4 members (excludes halogenated alkanes) is 3. The smallest absolute Gasteiger partial charge is 0.254 e. The van der Waals surface area contributed by atoms with Crippen molar-refractivity contribution in [2.75, 3.05) is 18.4 Å². The molecule has 1 heterocycles. The molecule has 152 valence electrons. The number of anilines is 1. The number of amides is 2. The van der Waals surface area contributed by atoms with Crippen LogP contribution in [0.4, 0.5) is 5.82 Å². The van der Waals surface area contributed by atoms with Crippen LogP contribution in [0.15, 0.2) is 34.9 Å². The number of nitrogens with one attached hydrogen (secondary N) is 1. The van der Waals surface area contributed by atoms with E-state index in [1.54, 1.807) is 17.9 Å². The second-order valence-electron chi connectivity index (χ2n) is 7.11. The molecule has 0 aliphatic rings. The fraction of sp³-hybridized carbons (Fsp3) is 0.500. The molecule has 0 saturated carbocycles. The lowest BCUT2D eigenvalue weighted by Gasteiger charge is -2.21. The number of aryl methyl sites for hydroxylation is 2. The van der Waals surface area contributed by atoms with Gasteiger partial charge in [-0.05, 0) is 43.9 Å². The third kappa shape index (κ3) is 6.83. The Morgan fingerprint density at radius 2 is 1.82 bits per heavy atom. The minimum absolute atomic E-state index is 0.0165. The Morgan fingerprint density at radius 3 is 2.43 bits per heavy atom. The number of nitrogens with zero attached hydrogens (tertiary/aromatic N) is 2. The molecule has 0 spiro atoms. The van der Waals surface area contributed by atoms with E-state index in [0.717, 1.165) is 12.8 Å². The number of carbonyl (C=O) groups is 2. The summed E-state index contributed by atoms with van der Waals surface area (Å²) in [5, 5.41) is 6.41. The molecule has 28 heavy (non-hydrogen) atoms. The maximum atomic E-state index is 12.8. The van der Waals surface area contributed by atoms with Crippen molar-refractivity contribution < 1.29 is 14.1 Å². The molecule has 2 aromatic rings. The van der Waals surface area contributed by atoms with E-state index < -0.39 is 0 Å². The molecule has 0 aliphatic carbocycles. The average molecular weight is 386 g/mol. The van der Waals surface area contributed by atoms with E-state index >= 15 is 0 Å². The van der Waals surface area contributed by atoms with Gasteiger partial charge in [0.2, 0.25) is 5.91 Å². The summed E-state index contributed by atoms with van der Waals surface area (Å²) in [6.07, 6.45) is 6.71. The Morgan fingerprint density at radius 1 is 1.07 bits per heavy atom. The lowest BCUT2D eigenvalue weighted by Crippen LogP contribution is -2.38. The van der Waals surface area contributed by atoms with Crippen molar-refractivity contribution in [3.63, 3.8) is 0 Å². The molecule has 0 saturated heterocycles. The summed E-state index contributed by atoms with van der Waals surface area (Å²) in [6.45, 7) is 6.44. The molecule has 1 aromatic carbocycles. The van der Waals surface area contributed by atoms with Crippen LogP contribution in [0.1, 0.15) is 67.6 Å². The first-order valence-corrected chi connectivity index (χ1v) is 10.1. The molecule has 0 atom stereocenters. The molecule has 0 unspecified atom stereocenters. The molecule has 6 heteroatoms. The van der Waals surface area contributed by atoms with E-state index in [-0.39, 0.29) is 18.4 Å². The van der Waals surface area contributed by atoms with Gasteiger partial charge in [0.15, 0.2) is 5.82 Å². The summed E-state index contributed by atoms with van der Waals surface area (Å²) >= 11 is 0. The van der Waals surface area contributed by atoms with Crippen LogP contribution >= 0.6 is 0 Å². The molecule has 0 aliphatic heterocycles. The highest BCUT2D eigenvalue weighted by Gasteiger charge is 2.19. The maximum absolute atomic E-state index is 12.8. The van der Waals surface area contributed by atoms with E-state index in [2.05, 4.69) is 17.4 Å². The van der Waals surface area contributed by atoms with Crippen molar-refractivity contribution in [2.45, 2.75) is 59.3 Å². The highest BCUT2D eigenvalue weighted by atomic mass is 16.5. The molecule has 0 bridgehead atoms. The minimum Gasteiger partial charge on any atom is -0.360 e. The maximum Gasteiger partial charge on any atom is 0.254 e. The zero-order valence-corrected chi connectivity index (χ0v) is 17.2. The summed E-state index contributed by atoms with van der Waals surface area (Å²) in [6, 6.07) is 9.39. The van der Waals surface area contributed by atoms with Crippen LogP contribution in [0, 0.1) is 6.92 Å². The third-order valence-corrected chi connectivity index (χ3v) is 4.53. The lowest BCUT2D eigenvalue weighted by atomic mass is 10.0. The van der Waals surface area contributed by atoms with Gasteiger partial charge >= 0.3 is 0 Å². The van der Waals surface area contributed by atoms with Crippen molar-refractivity contribution in [1.82, 2.24) is 10.1 Å². The van der Waals surface area contributed by atoms with Gasteiger partial charge in [-0.2, -0.15) is 0 Å². The topological polar surface area (TPSA) is 75.4 Å². The predicted molar refractivity (Wildman–Crippen MR) is 110 cm³/mol. The molecule has 0 radical (unpaired) electrons. The van der Waals surface area contributed by atoms with Gasteiger partial charge in [0.05, 0.1) is 0 Å². The van der Waals surface area contributed by atoms with Crippen LogP contribution in [-0.4, -0.2) is 35.0 Å². The van der Waals surface area contributed by atoms with E-state index in [9.17, 15) is 9.59 Å². The average Bonchev–Trinajstić information content (AvgIpc) is 3.09. The fourth-order valence-corrected chi connectivity index (χ4v) is 3.06. The fourth-order valence-electron chi connectivity index (χ4n) is 3.06. The number of rotatable bonds is 11. The molecular weight excluding hydrogens is 354 g/mol. The lowest BCUT2D eigenvalue weighted by molar-refractivity contribution is -0.116. The second kappa shape index (κ2) is 11.3. The van der Waals surface area contributed by atoms with E-state index in [4.69, 9.17) is 4.52 Å². The van der Waals surface area contributed by atoms with Gasteiger partial charge in [-0.3, -0.25) is 9.59 Å². The van der Waals surface area contributed by atoms with Crippen molar-refractivity contribution in [1.29, 1.82) is 0 Å². The number of hydrogen-bond acceptors (Lipinski definition) is 4. The third-order valence-electron chi connectivity index (χ3n) is 4.53. The van der Waals surface area contributed by atoms with Crippen LogP contribution in [-0.2, 0) is 11.2 Å². The zero-order chi connectivity index (χ0) is 20.4. The number of carbonyl (C=O) groups excluding carboxylic acids is 2. The molecular formula is C22H31N3O3. The predicted octanol–water partition coefficient (Wildman–Crippen LogP) is 4.60. The molecule has 1 N–H and O–H groups in total. The SMILES string of the molecule is CCCCCCc1ccc(C(=O)N(CCC)CC(=O)Nc2cc(C)on2)cc1. The first kappa shape index (κ1) is 21.7. The van der Waals surface area contributed by atoms with Gasteiger partial charge in [0.1, 0.15) is 12.3 Å². The molecule has 2 rings (SSSR count). The van der Waals surface area contributed by atoms with E-state index in [1.165, 1.54) is 31.2 Å². The number of hydrogen-bond donors (Lipinski definition) is 1. The van der Waals surface area contributed by atoms with Crippen LogP contribution in [0.3, 0.4) is 0 Å². The highest BCUT2D eigenvalue weighted by molar-refractivity contribution is 5.99. The Kier molecular flexibility index (Phi) is 8.72. The van der Waals surface area contributed by atoms with Gasteiger partial charge in [-0.25, -0.2) is 0 Å². The van der Waals surface area contributed by atoms with E-state index in [1.807, 2.05) is 31.2 Å². The highest BCUT2D eigenvalue weighted by Crippen LogP contribution is 2.13. The van der Waals surface area contributed by atoms with Gasteiger partial charge in [-0.15, -0.1) is 0 Å². The molecule has 0 fully saturated rings. The van der Waals surface area contributed by atoms with Crippen LogP contribution in [0.25, 0.3) is 0 Å². The second-order valence-corrected chi connectivity index (χ2v) is 7.11.